The molecule has 1 aromatic rings. The van der Waals surface area contributed by atoms with Gasteiger partial charge in [-0.15, -0.1) is 0 Å². The van der Waals surface area contributed by atoms with Crippen LogP contribution in [0.25, 0.3) is 0 Å². The molecule has 0 amide bonds. The number of methoxy groups -OCH3 is 1. The van der Waals surface area contributed by atoms with Crippen molar-refractivity contribution in [2.45, 2.75) is 19.4 Å². The predicted octanol–water partition coefficient (Wildman–Crippen LogP) is 3.61. The Morgan fingerprint density at radius 1 is 1.44 bits per heavy atom. The molecule has 0 saturated heterocycles. The molecule has 18 heavy (non-hydrogen) atoms. The number of hydrogen-bond donors (Lipinski definition) is 0. The summed E-state index contributed by atoms with van der Waals surface area (Å²) >= 11 is 3.48. The molecule has 0 radical (unpaired) electrons. The van der Waals surface area contributed by atoms with E-state index in [1.807, 2.05) is 39.2 Å². The van der Waals surface area contributed by atoms with Crippen LogP contribution >= 0.6 is 15.9 Å². The molecule has 0 saturated carbocycles. The number of nitriles is 1. The highest BCUT2D eigenvalue weighted by atomic mass is 79.9. The van der Waals surface area contributed by atoms with E-state index in [1.165, 1.54) is 0 Å². The lowest BCUT2D eigenvalue weighted by molar-refractivity contribution is 0.234. The summed E-state index contributed by atoms with van der Waals surface area (Å²) in [6.45, 7) is 2.04. The molecule has 0 aliphatic heterocycles. The highest BCUT2D eigenvalue weighted by Crippen LogP contribution is 2.36. The number of benzene rings is 1. The molecule has 0 N–H and O–H groups in total. The van der Waals surface area contributed by atoms with Gasteiger partial charge in [-0.25, -0.2) is 0 Å². The van der Waals surface area contributed by atoms with Crippen LogP contribution in [0.5, 0.6) is 5.75 Å². The van der Waals surface area contributed by atoms with E-state index in [9.17, 15) is 5.26 Å². The summed E-state index contributed by atoms with van der Waals surface area (Å²) in [5.41, 5.74) is 1.05. The van der Waals surface area contributed by atoms with Gasteiger partial charge >= 0.3 is 0 Å². The van der Waals surface area contributed by atoms with E-state index >= 15 is 0 Å². The maximum Gasteiger partial charge on any atom is 0.123 e. The van der Waals surface area contributed by atoms with Crippen molar-refractivity contribution in [2.24, 2.45) is 5.92 Å². The van der Waals surface area contributed by atoms with Crippen molar-refractivity contribution in [3.8, 4) is 11.8 Å². The van der Waals surface area contributed by atoms with Crippen LogP contribution in [0.1, 0.15) is 24.9 Å². The standard InChI is InChI=1S/C14H19BrN2O/c1-5-10(9-16)14(17(2)3)12-8-11(15)6-7-13(12)18-4/h6-8,10,14H,5H2,1-4H3. The van der Waals surface area contributed by atoms with Gasteiger partial charge in [0, 0.05) is 10.0 Å². The molecule has 0 aliphatic carbocycles. The van der Waals surface area contributed by atoms with Crippen molar-refractivity contribution in [3.63, 3.8) is 0 Å². The second kappa shape index (κ2) is 6.77. The number of halogens is 1. The fourth-order valence-electron chi connectivity index (χ4n) is 2.18. The molecule has 0 fully saturated rings. The Balaban J connectivity index is 3.29. The minimum absolute atomic E-state index is 0.0347. The first-order valence-corrected chi connectivity index (χ1v) is 6.73. The zero-order chi connectivity index (χ0) is 13.7. The Morgan fingerprint density at radius 3 is 2.56 bits per heavy atom. The normalized spacial score (nSPS) is 14.1. The predicted molar refractivity (Wildman–Crippen MR) is 76.5 cm³/mol. The van der Waals surface area contributed by atoms with Crippen LogP contribution in [-0.4, -0.2) is 26.1 Å². The average molecular weight is 311 g/mol. The molecule has 1 aromatic carbocycles. The first-order valence-electron chi connectivity index (χ1n) is 5.94. The van der Waals surface area contributed by atoms with Gasteiger partial charge in [0.2, 0.25) is 0 Å². The molecule has 0 aliphatic rings. The largest absolute Gasteiger partial charge is 0.496 e. The van der Waals surface area contributed by atoms with Crippen molar-refractivity contribution in [2.75, 3.05) is 21.2 Å². The summed E-state index contributed by atoms with van der Waals surface area (Å²) in [6.07, 6.45) is 0.814. The molecule has 0 heterocycles. The molecular weight excluding hydrogens is 292 g/mol. The third kappa shape index (κ3) is 3.24. The lowest BCUT2D eigenvalue weighted by atomic mass is 9.90. The Kier molecular flexibility index (Phi) is 5.64. The van der Waals surface area contributed by atoms with Crippen LogP contribution in [0.3, 0.4) is 0 Å². The third-order valence-electron chi connectivity index (χ3n) is 3.05. The van der Waals surface area contributed by atoms with Crippen LogP contribution in [0, 0.1) is 17.2 Å². The summed E-state index contributed by atoms with van der Waals surface area (Å²) in [7, 11) is 5.64. The number of rotatable bonds is 5. The molecular formula is C14H19BrN2O. The van der Waals surface area contributed by atoms with Gasteiger partial charge < -0.3 is 9.64 Å². The average Bonchev–Trinajstić information content (AvgIpc) is 2.35. The molecule has 0 spiro atoms. The van der Waals surface area contributed by atoms with Crippen LogP contribution in [0.15, 0.2) is 22.7 Å². The van der Waals surface area contributed by atoms with Crippen LogP contribution in [0.2, 0.25) is 0 Å². The number of nitrogens with zero attached hydrogens (tertiary/aromatic N) is 2. The molecule has 0 aromatic heterocycles. The lowest BCUT2D eigenvalue weighted by Crippen LogP contribution is -2.27. The maximum absolute atomic E-state index is 9.31. The van der Waals surface area contributed by atoms with Crippen molar-refractivity contribution in [1.29, 1.82) is 5.26 Å². The van der Waals surface area contributed by atoms with Gasteiger partial charge in [-0.1, -0.05) is 22.9 Å². The van der Waals surface area contributed by atoms with E-state index in [-0.39, 0.29) is 12.0 Å². The third-order valence-corrected chi connectivity index (χ3v) is 3.55. The van der Waals surface area contributed by atoms with Gasteiger partial charge in [0.05, 0.1) is 25.1 Å². The van der Waals surface area contributed by atoms with Gasteiger partial charge in [-0.3, -0.25) is 0 Å². The van der Waals surface area contributed by atoms with Gasteiger partial charge in [0.25, 0.3) is 0 Å². The molecule has 3 nitrogen and oxygen atoms in total. The zero-order valence-corrected chi connectivity index (χ0v) is 12.9. The summed E-state index contributed by atoms with van der Waals surface area (Å²) in [5, 5.41) is 9.31. The summed E-state index contributed by atoms with van der Waals surface area (Å²) < 4.78 is 6.41. The highest BCUT2D eigenvalue weighted by Gasteiger charge is 2.26. The Bertz CT molecular complexity index is 440. The Hall–Kier alpha value is -1.05. The first kappa shape index (κ1) is 15.0. The molecule has 0 bridgehead atoms. The van der Waals surface area contributed by atoms with E-state index in [4.69, 9.17) is 4.74 Å². The molecule has 2 atom stereocenters. The summed E-state index contributed by atoms with van der Waals surface area (Å²) in [5.74, 6) is 0.772. The SMILES string of the molecule is CCC(C#N)C(c1cc(Br)ccc1OC)N(C)C. The fourth-order valence-corrected chi connectivity index (χ4v) is 2.56. The molecule has 1 rings (SSSR count). The van der Waals surface area contributed by atoms with Gasteiger partial charge in [-0.2, -0.15) is 5.26 Å². The molecule has 2 unspecified atom stereocenters. The topological polar surface area (TPSA) is 36.3 Å². The van der Waals surface area contributed by atoms with Crippen molar-refractivity contribution in [3.05, 3.63) is 28.2 Å². The van der Waals surface area contributed by atoms with Crippen LogP contribution < -0.4 is 4.74 Å². The number of ether oxygens (including phenoxy) is 1. The maximum atomic E-state index is 9.31. The molecule has 4 heteroatoms. The van der Waals surface area contributed by atoms with Gasteiger partial charge in [0.1, 0.15) is 5.75 Å². The second-order valence-corrected chi connectivity index (χ2v) is 5.35. The van der Waals surface area contributed by atoms with E-state index in [2.05, 4.69) is 26.9 Å². The quantitative estimate of drug-likeness (QED) is 0.833. The fraction of sp³-hybridized carbons (Fsp3) is 0.500. The molecule has 98 valence electrons. The van der Waals surface area contributed by atoms with E-state index in [0.717, 1.165) is 22.2 Å². The van der Waals surface area contributed by atoms with Crippen molar-refractivity contribution >= 4 is 15.9 Å². The minimum Gasteiger partial charge on any atom is -0.496 e. The van der Waals surface area contributed by atoms with E-state index < -0.39 is 0 Å². The van der Waals surface area contributed by atoms with E-state index in [0.29, 0.717) is 0 Å². The van der Waals surface area contributed by atoms with Crippen molar-refractivity contribution < 1.29 is 4.74 Å². The summed E-state index contributed by atoms with van der Waals surface area (Å²) in [6, 6.07) is 8.33. The minimum atomic E-state index is -0.0526. The van der Waals surface area contributed by atoms with E-state index in [1.54, 1.807) is 7.11 Å². The van der Waals surface area contributed by atoms with Gasteiger partial charge in [-0.05, 0) is 38.7 Å². The second-order valence-electron chi connectivity index (χ2n) is 4.44. The highest BCUT2D eigenvalue weighted by molar-refractivity contribution is 9.10. The Morgan fingerprint density at radius 2 is 2.11 bits per heavy atom. The Labute approximate surface area is 117 Å². The smallest absolute Gasteiger partial charge is 0.123 e. The first-order chi connectivity index (χ1) is 8.54. The van der Waals surface area contributed by atoms with Crippen LogP contribution in [0.4, 0.5) is 0 Å². The lowest BCUT2D eigenvalue weighted by Gasteiger charge is -2.29. The zero-order valence-electron chi connectivity index (χ0n) is 11.3. The summed E-state index contributed by atoms with van der Waals surface area (Å²) in [4.78, 5) is 2.07. The number of hydrogen-bond acceptors (Lipinski definition) is 3. The monoisotopic (exact) mass is 310 g/mol. The van der Waals surface area contributed by atoms with Gasteiger partial charge in [0.15, 0.2) is 0 Å². The van der Waals surface area contributed by atoms with Crippen LogP contribution in [-0.2, 0) is 0 Å². The van der Waals surface area contributed by atoms with Crippen molar-refractivity contribution in [1.82, 2.24) is 4.90 Å².